The van der Waals surface area contributed by atoms with Crippen LogP contribution in [0.3, 0.4) is 0 Å². The van der Waals surface area contributed by atoms with Crippen molar-refractivity contribution in [1.82, 2.24) is 70.2 Å². The number of anilines is 4. The molecule has 4 aliphatic heterocycles. The molecule has 15 N–H and O–H groups in total. The van der Waals surface area contributed by atoms with Crippen molar-refractivity contribution < 1.29 is 107 Å². The largest absolute Gasteiger partial charge is 0.481 e. The summed E-state index contributed by atoms with van der Waals surface area (Å²) in [6.07, 6.45) is 6.62. The van der Waals surface area contributed by atoms with E-state index in [1.54, 1.807) is 167 Å². The molecule has 4 aromatic heterocycles. The fourth-order valence-electron chi connectivity index (χ4n) is 17.3. The first-order valence-corrected chi connectivity index (χ1v) is 46.5. The number of carboxylic acid groups (broad SMARTS) is 3. The molecule has 16 rings (SSSR count). The Morgan fingerprint density at radius 1 is 0.338 bits per heavy atom. The first-order valence-electron chi connectivity index (χ1n) is 46.5. The zero-order valence-electron chi connectivity index (χ0n) is 79.1. The van der Waals surface area contributed by atoms with Crippen molar-refractivity contribution in [3.05, 3.63) is 280 Å². The molecule has 4 fully saturated rings. The zero-order chi connectivity index (χ0) is 104. The summed E-state index contributed by atoms with van der Waals surface area (Å²) in [5.41, 5.74) is 8.38. The Bertz CT molecular complexity index is 7020. The van der Waals surface area contributed by atoms with Gasteiger partial charge in [-0.05, 0) is 106 Å². The number of aliphatic carboxylic acids is 3. The lowest BCUT2D eigenvalue weighted by atomic mass is 9.97. The monoisotopic (exact) mass is 1970 g/mol. The summed E-state index contributed by atoms with van der Waals surface area (Å²) in [6, 6.07) is 53.4. The number of piperazine rings is 3. The van der Waals surface area contributed by atoms with Crippen LogP contribution in [0.2, 0.25) is 0 Å². The number of amides is 14. The number of nitrogens with zero attached hydrogens (tertiary/aromatic N) is 8. The number of urea groups is 3. The SMILES string of the molecule is C[C@@H]1CN(C(=O)c2ccccc2)CCN1C(=O)C(=O)c1c[nH]c2c(NC(=O)CO)cccc12.C[C@@H]1CN(C(=O)c2ccccc2)CCN1C(=O)C(=O)c1c[nH]c2c(NC(=O)NCCC(=O)O)cccc12.C[C@@H]1CN(C(=O)c2ccccc2)CCN1C(=O)C(=O)c1c[nH]c2c(NC(=O)NCCCC(=O)O)cccc12.[C-]#[N+]C(=C1CCN(C(=O)C(=O)c2c[nH]c3c(NC(=O)NCCC(=O)O)cccc23)CC1)c1ccccc1. The summed E-state index contributed by atoms with van der Waals surface area (Å²) in [7, 11) is 0. The molecule has 0 spiro atoms. The van der Waals surface area contributed by atoms with Gasteiger partial charge in [0.25, 0.3) is 64.5 Å². The first-order chi connectivity index (χ1) is 69.8. The minimum Gasteiger partial charge on any atom is -0.481 e. The highest BCUT2D eigenvalue weighted by Gasteiger charge is 2.40. The number of piperidine rings is 1. The van der Waals surface area contributed by atoms with E-state index in [9.17, 15) is 86.3 Å². The second-order valence-electron chi connectivity index (χ2n) is 34.3. The number of aliphatic hydroxyl groups is 1. The molecule has 0 radical (unpaired) electrons. The van der Waals surface area contributed by atoms with Crippen LogP contribution in [-0.4, -0.2) is 297 Å². The number of hydrogen-bond acceptors (Lipinski definition) is 19. The maximum Gasteiger partial charge on any atom is 0.319 e. The molecule has 14 amide bonds. The molecule has 4 saturated heterocycles. The summed E-state index contributed by atoms with van der Waals surface area (Å²) in [5, 5.41) is 54.9. The summed E-state index contributed by atoms with van der Waals surface area (Å²) in [6.45, 7) is 15.8. The van der Waals surface area contributed by atoms with Crippen LogP contribution in [-0.2, 0) is 38.4 Å². The minimum absolute atomic E-state index is 0.0322. The molecule has 8 aromatic carbocycles. The van der Waals surface area contributed by atoms with Crippen LogP contribution in [0.5, 0.6) is 0 Å². The number of carbonyl (C=O) groups is 18. The number of Topliss-reactive ketones (excluding diaryl/α,β-unsaturated/α-hetero) is 4. The number of nitrogens with one attached hydrogen (secondary N) is 11. The van der Waals surface area contributed by atoms with E-state index in [1.807, 2.05) is 62.4 Å². The first kappa shape index (κ1) is 104. The number of aliphatic hydroxyl groups excluding tert-OH is 1. The summed E-state index contributed by atoms with van der Waals surface area (Å²) < 4.78 is 0. The number of carboxylic acids is 3. The Labute approximate surface area is 828 Å². The zero-order valence-corrected chi connectivity index (χ0v) is 79.1. The van der Waals surface area contributed by atoms with Crippen molar-refractivity contribution in [2.75, 3.05) is 120 Å². The van der Waals surface area contributed by atoms with E-state index in [1.165, 1.54) is 44.4 Å². The molecule has 41 heteroatoms. The molecule has 0 unspecified atom stereocenters. The van der Waals surface area contributed by atoms with E-state index < -0.39 is 95.3 Å². The van der Waals surface area contributed by atoms with Gasteiger partial charge in [0.2, 0.25) is 5.91 Å². The Balaban J connectivity index is 0.000000162. The molecular formula is C104H105N19O22. The van der Waals surface area contributed by atoms with Gasteiger partial charge < -0.3 is 112 Å². The fraction of sp³-hybridized carbons (Fsp3) is 0.260. The average molecular weight is 1970 g/mol. The topological polar surface area (TPSA) is 563 Å². The number of rotatable bonds is 27. The van der Waals surface area contributed by atoms with Crippen molar-refractivity contribution in [2.24, 2.45) is 0 Å². The molecule has 12 aromatic rings. The third-order valence-corrected chi connectivity index (χ3v) is 24.6. The number of carbonyl (C=O) groups excluding carboxylic acids is 15. The fourth-order valence-corrected chi connectivity index (χ4v) is 17.3. The Hall–Kier alpha value is -18.2. The Morgan fingerprint density at radius 3 is 0.917 bits per heavy atom. The number of para-hydroxylation sites is 4. The van der Waals surface area contributed by atoms with E-state index in [-0.39, 0.29) is 117 Å². The van der Waals surface area contributed by atoms with E-state index in [4.69, 9.17) is 27.0 Å². The molecule has 0 saturated carbocycles. The number of aromatic amines is 4. The summed E-state index contributed by atoms with van der Waals surface area (Å²) >= 11 is 0. The lowest BCUT2D eigenvalue weighted by Gasteiger charge is -2.39. The molecule has 145 heavy (non-hydrogen) atoms. The van der Waals surface area contributed by atoms with Crippen LogP contribution < -0.4 is 37.2 Å². The highest BCUT2D eigenvalue weighted by molar-refractivity contribution is 6.47. The van der Waals surface area contributed by atoms with E-state index in [0.29, 0.717) is 160 Å². The van der Waals surface area contributed by atoms with Gasteiger partial charge in [-0.25, -0.2) is 19.2 Å². The molecule has 4 aliphatic rings. The van der Waals surface area contributed by atoms with Gasteiger partial charge >= 0.3 is 36.0 Å². The molecule has 41 nitrogen and oxygen atoms in total. The average Bonchev–Trinajstić information content (AvgIpc) is 1.66. The maximum absolute atomic E-state index is 13.2. The van der Waals surface area contributed by atoms with Crippen molar-refractivity contribution in [2.45, 2.75) is 77.4 Å². The molecule has 0 aliphatic carbocycles. The molecule has 8 heterocycles. The van der Waals surface area contributed by atoms with Gasteiger partial charge in [-0.15, -0.1) is 0 Å². The summed E-state index contributed by atoms with van der Waals surface area (Å²) in [5.74, 6) is -9.17. The van der Waals surface area contributed by atoms with Crippen LogP contribution in [0.1, 0.15) is 137 Å². The van der Waals surface area contributed by atoms with Crippen LogP contribution >= 0.6 is 0 Å². The summed E-state index contributed by atoms with van der Waals surface area (Å²) in [4.78, 5) is 250. The predicted molar refractivity (Wildman–Crippen MR) is 535 cm³/mol. The second-order valence-corrected chi connectivity index (χ2v) is 34.3. The predicted octanol–water partition coefficient (Wildman–Crippen LogP) is 10.6. The lowest BCUT2D eigenvalue weighted by molar-refractivity contribution is -0.138. The number of hydrogen-bond donors (Lipinski definition) is 15. The lowest BCUT2D eigenvalue weighted by Crippen LogP contribution is -2.56. The van der Waals surface area contributed by atoms with Gasteiger partial charge in [-0.2, -0.15) is 0 Å². The van der Waals surface area contributed by atoms with Crippen LogP contribution in [0.4, 0.5) is 37.1 Å². The number of likely N-dealkylation sites (tertiary alicyclic amines) is 1. The van der Waals surface area contributed by atoms with Gasteiger partial charge in [0.15, 0.2) is 5.70 Å². The third-order valence-electron chi connectivity index (χ3n) is 24.6. The highest BCUT2D eigenvalue weighted by atomic mass is 16.4. The minimum atomic E-state index is -1.03. The van der Waals surface area contributed by atoms with Crippen molar-refractivity contribution >= 4 is 178 Å². The number of ketones is 4. The van der Waals surface area contributed by atoms with Crippen LogP contribution in [0.15, 0.2) is 224 Å². The standard InChI is InChI=1S/C27H29N5O6.C27H25N5O5.C26H27N5O6.C24H24N4O5/c1-17-16-31(25(36)18-7-3-2-4-8-18)13-14-32(17)26(37)24(35)20-15-29-23-19(20)9-5-10-21(23)30-27(38)28-12-6-11-22(33)34;1-28-23(17-6-3-2-4-7-17)18-11-14-32(15-12-18)26(36)25(35)20-16-30-24-19(20)8-5-9-21(24)31-27(37)29-13-10-22(33)34;1-16-15-30(24(35)17-6-3-2-4-7-17)12-13-31(16)25(36)23(34)19-14-28-22-18(19)8-5-9-20(22)29-26(37)27-11-10-21(32)33;1-15-13-27(23(32)16-6-3-2-4-7-16)10-11-28(15)24(33)22(31)18-12-25-21-17(18)8-5-9-19(21)26-20(30)14-29/h2-5,7-10,15,17,29H,6,11-14,16H2,1H3,(H,33,34)(H2,28,30,38);2-9,16,30H,10-15H2,(H,33,34)(H2,29,31,37);2-9,14,16,28H,10-13,15H2,1H3,(H,32,33)(H2,27,29,37);2-9,12,15,25,29H,10-11,13-14H2,1H3,(H,26,30)/t17-;;16-;15-/m1.11/s1. The van der Waals surface area contributed by atoms with Crippen molar-refractivity contribution in [3.8, 4) is 0 Å². The van der Waals surface area contributed by atoms with E-state index in [0.717, 1.165) is 11.1 Å². The number of H-pyrrole nitrogens is 4. The molecule has 0 bridgehead atoms. The molecule has 748 valence electrons. The van der Waals surface area contributed by atoms with Crippen molar-refractivity contribution in [1.29, 1.82) is 0 Å². The Morgan fingerprint density at radius 2 is 0.628 bits per heavy atom. The second kappa shape index (κ2) is 48.6. The van der Waals surface area contributed by atoms with Gasteiger partial charge in [-0.3, -0.25) is 71.9 Å². The van der Waals surface area contributed by atoms with Crippen LogP contribution in [0.25, 0.3) is 54.2 Å². The highest BCUT2D eigenvalue weighted by Crippen LogP contribution is 2.34. The third kappa shape index (κ3) is 25.7. The maximum atomic E-state index is 13.2. The number of benzene rings is 8. The van der Waals surface area contributed by atoms with Crippen LogP contribution in [0, 0.1) is 6.57 Å². The van der Waals surface area contributed by atoms with E-state index >= 15 is 0 Å². The normalized spacial score (nSPS) is 14.9. The van der Waals surface area contributed by atoms with Gasteiger partial charge in [0, 0.05) is 179 Å². The number of fused-ring (bicyclic) bond motifs is 4. The van der Waals surface area contributed by atoms with Crippen molar-refractivity contribution in [3.63, 3.8) is 0 Å². The van der Waals surface area contributed by atoms with Gasteiger partial charge in [0.1, 0.15) is 6.61 Å². The molecule has 3 atom stereocenters. The van der Waals surface area contributed by atoms with Gasteiger partial charge in [0.05, 0.1) is 86.5 Å². The number of aromatic nitrogens is 4. The Kier molecular flexibility index (Phi) is 34.9. The van der Waals surface area contributed by atoms with E-state index in [2.05, 4.69) is 62.0 Å². The quantitative estimate of drug-likeness (QED) is 0.00984. The smallest absolute Gasteiger partial charge is 0.319 e. The van der Waals surface area contributed by atoms with Gasteiger partial charge in [-0.1, -0.05) is 139 Å². The molecular weight excluding hydrogens is 1870 g/mol.